The van der Waals surface area contributed by atoms with Crippen molar-refractivity contribution in [2.75, 3.05) is 11.9 Å². The first-order valence-corrected chi connectivity index (χ1v) is 8.67. The van der Waals surface area contributed by atoms with Crippen LogP contribution >= 0.6 is 11.6 Å². The van der Waals surface area contributed by atoms with E-state index in [1.165, 1.54) is 0 Å². The normalized spacial score (nSPS) is 19.3. The van der Waals surface area contributed by atoms with E-state index in [2.05, 4.69) is 17.6 Å². The minimum Gasteiger partial charge on any atom is -0.356 e. The second-order valence-electron chi connectivity index (χ2n) is 6.37. The summed E-state index contributed by atoms with van der Waals surface area (Å²) in [5.41, 5.74) is 2.64. The third kappa shape index (κ3) is 4.71. The molecule has 2 amide bonds. The lowest BCUT2D eigenvalue weighted by Gasteiger charge is -2.11. The van der Waals surface area contributed by atoms with Crippen molar-refractivity contribution in [2.45, 2.75) is 46.5 Å². The van der Waals surface area contributed by atoms with Crippen molar-refractivity contribution in [3.63, 3.8) is 0 Å². The molecule has 126 valence electrons. The number of halogens is 1. The number of carbonyl (C=O) groups is 2. The molecular weight excluding hydrogens is 312 g/mol. The highest BCUT2D eigenvalue weighted by Gasteiger charge is 2.48. The molecule has 2 rings (SSSR count). The predicted octanol–water partition coefficient (Wildman–Crippen LogP) is 3.84. The molecule has 0 saturated heterocycles. The molecule has 1 fully saturated rings. The first-order chi connectivity index (χ1) is 10.9. The van der Waals surface area contributed by atoms with Gasteiger partial charge < -0.3 is 10.6 Å². The Labute approximate surface area is 143 Å². The highest BCUT2D eigenvalue weighted by Crippen LogP contribution is 2.40. The van der Waals surface area contributed by atoms with Crippen LogP contribution in [0.4, 0.5) is 5.69 Å². The second-order valence-corrected chi connectivity index (χ2v) is 6.78. The van der Waals surface area contributed by atoms with Crippen LogP contribution < -0.4 is 10.6 Å². The Balaban J connectivity index is 1.86. The van der Waals surface area contributed by atoms with Crippen LogP contribution in [0.5, 0.6) is 0 Å². The van der Waals surface area contributed by atoms with E-state index in [0.717, 1.165) is 30.4 Å². The van der Waals surface area contributed by atoms with Gasteiger partial charge in [-0.3, -0.25) is 9.59 Å². The van der Waals surface area contributed by atoms with E-state index in [-0.39, 0.29) is 23.7 Å². The summed E-state index contributed by atoms with van der Waals surface area (Å²) in [5.74, 6) is -0.556. The standard InChI is InChI=1S/C18H25ClN2O2/c1-4-5-6-7-20-17(22)13-10-14(13)18(23)21-16-12(3)8-11(2)9-15(16)19/h8-9,13-14H,4-7,10H2,1-3H3,(H,20,22)(H,21,23). The maximum absolute atomic E-state index is 12.3. The minimum atomic E-state index is -0.238. The van der Waals surface area contributed by atoms with Crippen LogP contribution in [-0.2, 0) is 9.59 Å². The number of hydrogen-bond acceptors (Lipinski definition) is 2. The Bertz CT molecular complexity index is 578. The molecule has 5 heteroatoms. The SMILES string of the molecule is CCCCCNC(=O)C1CC1C(=O)Nc1c(C)cc(C)cc1Cl. The van der Waals surface area contributed by atoms with Gasteiger partial charge in [0.15, 0.2) is 0 Å². The van der Waals surface area contributed by atoms with Crippen LogP contribution in [-0.4, -0.2) is 18.4 Å². The molecule has 0 aromatic heterocycles. The van der Waals surface area contributed by atoms with Gasteiger partial charge in [-0.2, -0.15) is 0 Å². The Kier molecular flexibility index (Phi) is 6.05. The smallest absolute Gasteiger partial charge is 0.228 e. The summed E-state index contributed by atoms with van der Waals surface area (Å²) in [7, 11) is 0. The van der Waals surface area contributed by atoms with Gasteiger partial charge in [-0.15, -0.1) is 0 Å². The quantitative estimate of drug-likeness (QED) is 0.743. The molecule has 2 atom stereocenters. The van der Waals surface area contributed by atoms with E-state index in [9.17, 15) is 9.59 Å². The fourth-order valence-corrected chi connectivity index (χ4v) is 3.15. The van der Waals surface area contributed by atoms with Crippen molar-refractivity contribution < 1.29 is 9.59 Å². The topological polar surface area (TPSA) is 58.2 Å². The van der Waals surface area contributed by atoms with Gasteiger partial charge in [-0.05, 0) is 43.9 Å². The average molecular weight is 337 g/mol. The zero-order chi connectivity index (χ0) is 17.0. The summed E-state index contributed by atoms with van der Waals surface area (Å²) in [6.07, 6.45) is 3.85. The van der Waals surface area contributed by atoms with Gasteiger partial charge in [0.05, 0.1) is 22.5 Å². The van der Waals surface area contributed by atoms with E-state index in [0.29, 0.717) is 23.7 Å². The van der Waals surface area contributed by atoms with Gasteiger partial charge in [-0.1, -0.05) is 37.4 Å². The lowest BCUT2D eigenvalue weighted by Crippen LogP contribution is -2.28. The summed E-state index contributed by atoms with van der Waals surface area (Å²) < 4.78 is 0. The third-order valence-electron chi connectivity index (χ3n) is 4.22. The first kappa shape index (κ1) is 17.8. The number of carbonyl (C=O) groups excluding carboxylic acids is 2. The lowest BCUT2D eigenvalue weighted by molar-refractivity contribution is -0.125. The summed E-state index contributed by atoms with van der Waals surface area (Å²) in [6.45, 7) is 6.70. The highest BCUT2D eigenvalue weighted by molar-refractivity contribution is 6.34. The number of aryl methyl sites for hydroxylation is 2. The molecule has 1 aromatic carbocycles. The lowest BCUT2D eigenvalue weighted by atomic mass is 10.1. The van der Waals surface area contributed by atoms with Crippen molar-refractivity contribution in [3.05, 3.63) is 28.3 Å². The average Bonchev–Trinajstić information content (AvgIpc) is 3.27. The molecule has 1 aliphatic carbocycles. The Morgan fingerprint density at radius 1 is 1.17 bits per heavy atom. The van der Waals surface area contributed by atoms with E-state index in [1.54, 1.807) is 0 Å². The molecule has 2 unspecified atom stereocenters. The van der Waals surface area contributed by atoms with E-state index in [4.69, 9.17) is 11.6 Å². The summed E-state index contributed by atoms with van der Waals surface area (Å²) in [4.78, 5) is 24.3. The Hall–Kier alpha value is -1.55. The maximum Gasteiger partial charge on any atom is 0.228 e. The van der Waals surface area contributed by atoms with Gasteiger partial charge >= 0.3 is 0 Å². The number of rotatable bonds is 7. The van der Waals surface area contributed by atoms with E-state index >= 15 is 0 Å². The van der Waals surface area contributed by atoms with Crippen LogP contribution in [0.25, 0.3) is 0 Å². The summed E-state index contributed by atoms with van der Waals surface area (Å²) >= 11 is 6.21. The number of amides is 2. The maximum atomic E-state index is 12.3. The molecule has 0 bridgehead atoms. The second kappa shape index (κ2) is 7.82. The van der Waals surface area contributed by atoms with Gasteiger partial charge in [0.1, 0.15) is 0 Å². The first-order valence-electron chi connectivity index (χ1n) is 8.29. The van der Waals surface area contributed by atoms with Crippen molar-refractivity contribution >= 4 is 29.1 Å². The van der Waals surface area contributed by atoms with Gasteiger partial charge in [-0.25, -0.2) is 0 Å². The molecular formula is C18H25ClN2O2. The van der Waals surface area contributed by atoms with Gasteiger partial charge in [0.2, 0.25) is 11.8 Å². The summed E-state index contributed by atoms with van der Waals surface area (Å²) in [5, 5.41) is 6.33. The summed E-state index contributed by atoms with van der Waals surface area (Å²) in [6, 6.07) is 3.81. The van der Waals surface area contributed by atoms with Crippen LogP contribution in [0.3, 0.4) is 0 Å². The number of hydrogen-bond donors (Lipinski definition) is 2. The fourth-order valence-electron chi connectivity index (χ4n) is 2.78. The zero-order valence-corrected chi connectivity index (χ0v) is 14.8. The molecule has 2 N–H and O–H groups in total. The molecule has 1 aromatic rings. The Morgan fingerprint density at radius 2 is 1.87 bits per heavy atom. The number of nitrogens with one attached hydrogen (secondary N) is 2. The molecule has 1 saturated carbocycles. The third-order valence-corrected chi connectivity index (χ3v) is 4.52. The molecule has 0 spiro atoms. The van der Waals surface area contributed by atoms with Crippen LogP contribution in [0.1, 0.15) is 43.7 Å². The van der Waals surface area contributed by atoms with Crippen LogP contribution in [0.2, 0.25) is 5.02 Å². The van der Waals surface area contributed by atoms with Crippen molar-refractivity contribution in [3.8, 4) is 0 Å². The largest absolute Gasteiger partial charge is 0.356 e. The van der Waals surface area contributed by atoms with Crippen LogP contribution in [0, 0.1) is 25.7 Å². The van der Waals surface area contributed by atoms with Crippen molar-refractivity contribution in [2.24, 2.45) is 11.8 Å². The van der Waals surface area contributed by atoms with Crippen LogP contribution in [0.15, 0.2) is 12.1 Å². The van der Waals surface area contributed by atoms with Crippen molar-refractivity contribution in [1.29, 1.82) is 0 Å². The molecule has 23 heavy (non-hydrogen) atoms. The number of anilines is 1. The zero-order valence-electron chi connectivity index (χ0n) is 14.0. The molecule has 0 aliphatic heterocycles. The van der Waals surface area contributed by atoms with E-state index in [1.807, 2.05) is 26.0 Å². The number of unbranched alkanes of at least 4 members (excludes halogenated alkanes) is 2. The fraction of sp³-hybridized carbons (Fsp3) is 0.556. The monoisotopic (exact) mass is 336 g/mol. The van der Waals surface area contributed by atoms with Gasteiger partial charge in [0, 0.05) is 6.54 Å². The molecule has 0 radical (unpaired) electrons. The Morgan fingerprint density at radius 3 is 2.52 bits per heavy atom. The number of benzene rings is 1. The minimum absolute atomic E-state index is 0.00650. The van der Waals surface area contributed by atoms with Crippen molar-refractivity contribution in [1.82, 2.24) is 5.32 Å². The molecule has 4 nitrogen and oxygen atoms in total. The van der Waals surface area contributed by atoms with Gasteiger partial charge in [0.25, 0.3) is 0 Å². The van der Waals surface area contributed by atoms with E-state index < -0.39 is 0 Å². The highest BCUT2D eigenvalue weighted by atomic mass is 35.5. The molecule has 0 heterocycles. The molecule has 1 aliphatic rings. The predicted molar refractivity (Wildman–Crippen MR) is 93.7 cm³/mol.